The second kappa shape index (κ2) is 6.38. The number of terminal acetylenes is 1. The Kier molecular flexibility index (Phi) is 4.57. The van der Waals surface area contributed by atoms with Gasteiger partial charge in [-0.1, -0.05) is 5.92 Å². The van der Waals surface area contributed by atoms with Crippen LogP contribution >= 0.6 is 0 Å². The van der Waals surface area contributed by atoms with Gasteiger partial charge in [-0.05, 0) is 31.6 Å². The fraction of sp³-hybridized carbons (Fsp3) is 0.533. The number of imide groups is 1. The minimum absolute atomic E-state index is 0.202. The summed E-state index contributed by atoms with van der Waals surface area (Å²) in [6.07, 6.45) is 11.6. The normalized spacial score (nSPS) is 26.9. The topological polar surface area (TPSA) is 75.8 Å². The van der Waals surface area contributed by atoms with E-state index < -0.39 is 0 Å². The van der Waals surface area contributed by atoms with Crippen LogP contribution < -0.4 is 5.73 Å². The van der Waals surface area contributed by atoms with Crippen molar-refractivity contribution in [3.8, 4) is 12.3 Å². The summed E-state index contributed by atoms with van der Waals surface area (Å²) in [5.74, 6) is 3.32. The molecular weight excluding hydrogens is 254 g/mol. The highest BCUT2D eigenvalue weighted by atomic mass is 16.2. The van der Waals surface area contributed by atoms with Crippen molar-refractivity contribution < 1.29 is 9.59 Å². The summed E-state index contributed by atoms with van der Waals surface area (Å²) >= 11 is 0. The van der Waals surface area contributed by atoms with Gasteiger partial charge in [-0.2, -0.15) is 0 Å². The molecule has 2 amide bonds. The molecule has 0 radical (unpaired) electrons. The Morgan fingerprint density at radius 2 is 1.90 bits per heavy atom. The minimum atomic E-state index is -0.202. The monoisotopic (exact) mass is 273 g/mol. The quantitative estimate of drug-likeness (QED) is 0.355. The molecule has 0 spiro atoms. The van der Waals surface area contributed by atoms with Crippen molar-refractivity contribution in [2.24, 2.45) is 22.6 Å². The summed E-state index contributed by atoms with van der Waals surface area (Å²) in [6, 6.07) is 0. The van der Waals surface area contributed by atoms with Crippen LogP contribution in [0.2, 0.25) is 0 Å². The van der Waals surface area contributed by atoms with E-state index in [2.05, 4.69) is 10.9 Å². The van der Waals surface area contributed by atoms with Crippen molar-refractivity contribution in [2.45, 2.75) is 25.7 Å². The Morgan fingerprint density at radius 3 is 2.45 bits per heavy atom. The number of carbonyl (C=O) groups excluding carboxylic acids is 2. The second-order valence-electron chi connectivity index (χ2n) is 5.28. The van der Waals surface area contributed by atoms with Crippen molar-refractivity contribution in [3.05, 3.63) is 12.2 Å². The molecule has 1 saturated carbocycles. The number of nitrogens with zero attached hydrogens (tertiary/aromatic N) is 2. The lowest BCUT2D eigenvalue weighted by Gasteiger charge is -2.30. The first kappa shape index (κ1) is 14.3. The van der Waals surface area contributed by atoms with Crippen molar-refractivity contribution in [2.75, 3.05) is 13.1 Å². The van der Waals surface area contributed by atoms with E-state index in [0.29, 0.717) is 24.8 Å². The summed E-state index contributed by atoms with van der Waals surface area (Å²) < 4.78 is 0. The lowest BCUT2D eigenvalue weighted by molar-refractivity contribution is -0.137. The molecule has 1 fully saturated rings. The van der Waals surface area contributed by atoms with Crippen molar-refractivity contribution in [1.82, 2.24) is 4.90 Å². The summed E-state index contributed by atoms with van der Waals surface area (Å²) in [5, 5.41) is 0. The SMILES string of the molecule is C#CCN=C(N)C1CCC(CN2C(=O)C=CC2=O)CC1. The Bertz CT molecular complexity index is 476. The first-order chi connectivity index (χ1) is 9.61. The van der Waals surface area contributed by atoms with Gasteiger partial charge in [-0.3, -0.25) is 19.5 Å². The molecule has 1 aliphatic carbocycles. The molecule has 2 rings (SSSR count). The van der Waals surface area contributed by atoms with Gasteiger partial charge >= 0.3 is 0 Å². The number of nitrogens with two attached hydrogens (primary N) is 1. The van der Waals surface area contributed by atoms with Crippen LogP contribution in [0.1, 0.15) is 25.7 Å². The molecule has 0 unspecified atom stereocenters. The van der Waals surface area contributed by atoms with Crippen molar-refractivity contribution in [3.63, 3.8) is 0 Å². The maximum Gasteiger partial charge on any atom is 0.253 e. The second-order valence-corrected chi connectivity index (χ2v) is 5.28. The van der Waals surface area contributed by atoms with Gasteiger partial charge in [0.15, 0.2) is 0 Å². The van der Waals surface area contributed by atoms with Gasteiger partial charge in [0.05, 0.1) is 5.84 Å². The third kappa shape index (κ3) is 3.27. The Morgan fingerprint density at radius 1 is 1.30 bits per heavy atom. The Labute approximate surface area is 118 Å². The summed E-state index contributed by atoms with van der Waals surface area (Å²) in [7, 11) is 0. The standard InChI is InChI=1S/C15H19N3O2/c1-2-9-17-15(16)12-5-3-11(4-6-12)10-18-13(19)7-8-14(18)20/h1,7-8,11-12H,3-6,9-10H2,(H2,16,17). The van der Waals surface area contributed by atoms with Crippen molar-refractivity contribution in [1.29, 1.82) is 0 Å². The zero-order valence-electron chi connectivity index (χ0n) is 11.4. The lowest BCUT2D eigenvalue weighted by atomic mass is 9.81. The predicted octanol–water partition coefficient (Wildman–Crippen LogP) is 0.708. The van der Waals surface area contributed by atoms with Crippen molar-refractivity contribution >= 4 is 17.6 Å². The summed E-state index contributed by atoms with van der Waals surface area (Å²) in [4.78, 5) is 28.5. The van der Waals surface area contributed by atoms with E-state index in [1.165, 1.54) is 17.1 Å². The largest absolute Gasteiger partial charge is 0.387 e. The third-order valence-electron chi connectivity index (χ3n) is 3.96. The number of amides is 2. The lowest BCUT2D eigenvalue weighted by Crippen LogP contribution is -2.37. The van der Waals surface area contributed by atoms with Gasteiger partial charge < -0.3 is 5.73 Å². The predicted molar refractivity (Wildman–Crippen MR) is 76.6 cm³/mol. The highest BCUT2D eigenvalue weighted by Crippen LogP contribution is 2.30. The number of rotatable bonds is 4. The van der Waals surface area contributed by atoms with E-state index in [1.807, 2.05) is 0 Å². The van der Waals surface area contributed by atoms with Gasteiger partial charge in [-0.15, -0.1) is 6.42 Å². The molecular formula is C15H19N3O2. The maximum atomic E-state index is 11.5. The molecule has 0 saturated heterocycles. The number of hydrogen-bond acceptors (Lipinski definition) is 3. The molecule has 2 N–H and O–H groups in total. The molecule has 0 aromatic rings. The zero-order chi connectivity index (χ0) is 14.5. The number of hydrogen-bond donors (Lipinski definition) is 1. The van der Waals surface area contributed by atoms with E-state index in [0.717, 1.165) is 25.7 Å². The van der Waals surface area contributed by atoms with Gasteiger partial charge in [0.2, 0.25) is 0 Å². The third-order valence-corrected chi connectivity index (χ3v) is 3.96. The van der Waals surface area contributed by atoms with E-state index in [4.69, 9.17) is 12.2 Å². The molecule has 2 aliphatic rings. The fourth-order valence-electron chi connectivity index (χ4n) is 2.78. The van der Waals surface area contributed by atoms with Crippen LogP contribution in [-0.4, -0.2) is 35.6 Å². The molecule has 0 atom stereocenters. The van der Waals surface area contributed by atoms with Crippen LogP contribution in [0.25, 0.3) is 0 Å². The van der Waals surface area contributed by atoms with Crippen LogP contribution in [0.5, 0.6) is 0 Å². The summed E-state index contributed by atoms with van der Waals surface area (Å²) in [5.41, 5.74) is 5.91. The van der Waals surface area contributed by atoms with Crippen LogP contribution in [-0.2, 0) is 9.59 Å². The highest BCUT2D eigenvalue weighted by molar-refractivity contribution is 6.12. The van der Waals surface area contributed by atoms with Crippen LogP contribution in [0.3, 0.4) is 0 Å². The molecule has 20 heavy (non-hydrogen) atoms. The molecule has 0 aromatic carbocycles. The van der Waals surface area contributed by atoms with Gasteiger partial charge in [0.1, 0.15) is 6.54 Å². The van der Waals surface area contributed by atoms with E-state index in [9.17, 15) is 9.59 Å². The zero-order valence-corrected chi connectivity index (χ0v) is 11.4. The molecule has 0 aromatic heterocycles. The first-order valence-corrected chi connectivity index (χ1v) is 6.88. The van der Waals surface area contributed by atoms with Gasteiger partial charge in [0.25, 0.3) is 11.8 Å². The van der Waals surface area contributed by atoms with Crippen LogP contribution in [0.15, 0.2) is 17.1 Å². The highest BCUT2D eigenvalue weighted by Gasteiger charge is 2.29. The van der Waals surface area contributed by atoms with E-state index in [-0.39, 0.29) is 17.7 Å². The molecule has 106 valence electrons. The maximum absolute atomic E-state index is 11.5. The van der Waals surface area contributed by atoms with Crippen LogP contribution in [0.4, 0.5) is 0 Å². The van der Waals surface area contributed by atoms with Gasteiger partial charge in [0, 0.05) is 24.6 Å². The molecule has 0 bridgehead atoms. The first-order valence-electron chi connectivity index (χ1n) is 6.88. The number of aliphatic imine (C=N–C) groups is 1. The smallest absolute Gasteiger partial charge is 0.253 e. The minimum Gasteiger partial charge on any atom is -0.387 e. The molecule has 1 aliphatic heterocycles. The summed E-state index contributed by atoms with van der Waals surface area (Å²) in [6.45, 7) is 0.840. The average Bonchev–Trinajstić information content (AvgIpc) is 2.77. The molecule has 1 heterocycles. The van der Waals surface area contributed by atoms with E-state index >= 15 is 0 Å². The van der Waals surface area contributed by atoms with Gasteiger partial charge in [-0.25, -0.2) is 0 Å². The average molecular weight is 273 g/mol. The fourth-order valence-corrected chi connectivity index (χ4v) is 2.78. The number of carbonyl (C=O) groups is 2. The molecule has 5 nitrogen and oxygen atoms in total. The molecule has 5 heteroatoms. The van der Waals surface area contributed by atoms with E-state index in [1.54, 1.807) is 0 Å². The van der Waals surface area contributed by atoms with Crippen LogP contribution in [0, 0.1) is 24.2 Å². The number of amidine groups is 1. The Hall–Kier alpha value is -2.09. The Balaban J connectivity index is 1.82.